The zero-order valence-electron chi connectivity index (χ0n) is 8.92. The van der Waals surface area contributed by atoms with Gasteiger partial charge in [0.05, 0.1) is 5.69 Å². The molecule has 1 aliphatic rings. The first kappa shape index (κ1) is 9.40. The highest BCUT2D eigenvalue weighted by molar-refractivity contribution is 9.10. The van der Waals surface area contributed by atoms with E-state index in [0.29, 0.717) is 5.41 Å². The number of pyridine rings is 1. The topological polar surface area (TPSA) is 17.3 Å². The van der Waals surface area contributed by atoms with Crippen LogP contribution in [-0.4, -0.2) is 9.38 Å². The molecule has 0 saturated heterocycles. The van der Waals surface area contributed by atoms with Gasteiger partial charge in [-0.2, -0.15) is 0 Å². The number of nitrogens with zero attached hydrogens (tertiary/aromatic N) is 2. The van der Waals surface area contributed by atoms with Crippen molar-refractivity contribution in [3.05, 3.63) is 34.2 Å². The first-order valence-corrected chi connectivity index (χ1v) is 6.03. The van der Waals surface area contributed by atoms with E-state index in [1.54, 1.807) is 0 Å². The molecule has 1 fully saturated rings. The summed E-state index contributed by atoms with van der Waals surface area (Å²) in [5.41, 5.74) is 3.88. The van der Waals surface area contributed by atoms with Crippen LogP contribution in [0.4, 0.5) is 0 Å². The molecule has 2 nitrogen and oxygen atoms in total. The smallest absolute Gasteiger partial charge is 0.137 e. The van der Waals surface area contributed by atoms with E-state index >= 15 is 0 Å². The summed E-state index contributed by atoms with van der Waals surface area (Å²) in [6.07, 6.45) is 6.80. The van der Waals surface area contributed by atoms with Gasteiger partial charge in [0.1, 0.15) is 5.65 Å². The maximum atomic E-state index is 4.69. The number of imidazole rings is 1. The third kappa shape index (κ3) is 1.41. The Morgan fingerprint density at radius 2 is 2.13 bits per heavy atom. The standard InChI is InChI=1S/C12H13BrN2/c1-8-5-11-14-10(12(2)3-4-12)7-15(11)6-9(8)13/h5-7H,3-4H2,1-2H3. The Labute approximate surface area is 97.5 Å². The lowest BCUT2D eigenvalue weighted by Gasteiger charge is -1.99. The second-order valence-corrected chi connectivity index (χ2v) is 5.61. The molecule has 0 radical (unpaired) electrons. The fourth-order valence-corrected chi connectivity index (χ4v) is 2.17. The van der Waals surface area contributed by atoms with Gasteiger partial charge in [-0.1, -0.05) is 6.92 Å². The summed E-state index contributed by atoms with van der Waals surface area (Å²) in [4.78, 5) is 4.69. The van der Waals surface area contributed by atoms with Crippen LogP contribution in [-0.2, 0) is 5.41 Å². The van der Waals surface area contributed by atoms with E-state index in [0.717, 1.165) is 10.1 Å². The van der Waals surface area contributed by atoms with Crippen molar-refractivity contribution < 1.29 is 0 Å². The quantitative estimate of drug-likeness (QED) is 0.771. The molecule has 0 aliphatic heterocycles. The average Bonchev–Trinajstić information content (AvgIpc) is 2.78. The second kappa shape index (κ2) is 2.85. The molecule has 0 unspecified atom stereocenters. The Hall–Kier alpha value is -0.830. The van der Waals surface area contributed by atoms with E-state index in [2.05, 4.69) is 52.6 Å². The fourth-order valence-electron chi connectivity index (χ4n) is 1.84. The van der Waals surface area contributed by atoms with Crippen molar-refractivity contribution >= 4 is 21.6 Å². The highest BCUT2D eigenvalue weighted by Crippen LogP contribution is 2.46. The molecule has 0 N–H and O–H groups in total. The molecule has 2 aromatic heterocycles. The lowest BCUT2D eigenvalue weighted by atomic mass is 10.1. The largest absolute Gasteiger partial charge is 0.306 e. The molecule has 2 aromatic rings. The van der Waals surface area contributed by atoms with E-state index < -0.39 is 0 Å². The number of halogens is 1. The van der Waals surface area contributed by atoms with Crippen LogP contribution in [0.3, 0.4) is 0 Å². The van der Waals surface area contributed by atoms with E-state index in [1.165, 1.54) is 24.1 Å². The van der Waals surface area contributed by atoms with Crippen LogP contribution < -0.4 is 0 Å². The van der Waals surface area contributed by atoms with Crippen LogP contribution in [0.1, 0.15) is 31.0 Å². The normalized spacial score (nSPS) is 18.3. The van der Waals surface area contributed by atoms with Crippen LogP contribution in [0.2, 0.25) is 0 Å². The monoisotopic (exact) mass is 264 g/mol. The lowest BCUT2D eigenvalue weighted by molar-refractivity contribution is 0.759. The van der Waals surface area contributed by atoms with E-state index in [-0.39, 0.29) is 0 Å². The Kier molecular flexibility index (Phi) is 1.78. The molecule has 0 spiro atoms. The van der Waals surface area contributed by atoms with Gasteiger partial charge in [0, 0.05) is 22.3 Å². The number of hydrogen-bond acceptors (Lipinski definition) is 1. The van der Waals surface area contributed by atoms with Crippen molar-refractivity contribution in [2.24, 2.45) is 0 Å². The maximum Gasteiger partial charge on any atom is 0.137 e. The molecule has 2 heterocycles. The van der Waals surface area contributed by atoms with Gasteiger partial charge < -0.3 is 4.40 Å². The van der Waals surface area contributed by atoms with Gasteiger partial charge >= 0.3 is 0 Å². The van der Waals surface area contributed by atoms with Crippen molar-refractivity contribution in [2.45, 2.75) is 32.1 Å². The third-order valence-electron chi connectivity index (χ3n) is 3.35. The maximum absolute atomic E-state index is 4.69. The summed E-state index contributed by atoms with van der Waals surface area (Å²) >= 11 is 3.54. The van der Waals surface area contributed by atoms with Crippen molar-refractivity contribution in [3.63, 3.8) is 0 Å². The predicted molar refractivity (Wildman–Crippen MR) is 64.2 cm³/mol. The van der Waals surface area contributed by atoms with Crippen molar-refractivity contribution in [1.82, 2.24) is 9.38 Å². The second-order valence-electron chi connectivity index (χ2n) is 4.76. The van der Waals surface area contributed by atoms with Crippen LogP contribution in [0.15, 0.2) is 22.9 Å². The molecule has 15 heavy (non-hydrogen) atoms. The Morgan fingerprint density at radius 3 is 2.80 bits per heavy atom. The van der Waals surface area contributed by atoms with Gasteiger partial charge in [-0.3, -0.25) is 0 Å². The van der Waals surface area contributed by atoms with Crippen LogP contribution in [0, 0.1) is 6.92 Å². The van der Waals surface area contributed by atoms with Crippen LogP contribution in [0.25, 0.3) is 5.65 Å². The Bertz CT molecular complexity index is 499. The Morgan fingerprint density at radius 1 is 1.40 bits per heavy atom. The zero-order valence-corrected chi connectivity index (χ0v) is 10.5. The number of rotatable bonds is 1. The van der Waals surface area contributed by atoms with E-state index in [4.69, 9.17) is 4.98 Å². The average molecular weight is 265 g/mol. The molecule has 1 aliphatic carbocycles. The highest BCUT2D eigenvalue weighted by Gasteiger charge is 2.41. The first-order valence-electron chi connectivity index (χ1n) is 5.24. The van der Waals surface area contributed by atoms with Crippen molar-refractivity contribution in [2.75, 3.05) is 0 Å². The van der Waals surface area contributed by atoms with Crippen LogP contribution in [0.5, 0.6) is 0 Å². The van der Waals surface area contributed by atoms with Gasteiger partial charge in [-0.25, -0.2) is 4.98 Å². The summed E-state index contributed by atoms with van der Waals surface area (Å²) in [5, 5.41) is 0. The molecule has 3 rings (SSSR count). The molecular weight excluding hydrogens is 252 g/mol. The minimum absolute atomic E-state index is 0.354. The minimum Gasteiger partial charge on any atom is -0.306 e. The molecule has 3 heteroatoms. The predicted octanol–water partition coefficient (Wildman–Crippen LogP) is 3.46. The summed E-state index contributed by atoms with van der Waals surface area (Å²) in [6, 6.07) is 2.12. The van der Waals surface area contributed by atoms with Crippen molar-refractivity contribution in [1.29, 1.82) is 0 Å². The first-order chi connectivity index (χ1) is 7.08. The number of aryl methyl sites for hydroxylation is 1. The molecule has 0 amide bonds. The molecule has 0 bridgehead atoms. The van der Waals surface area contributed by atoms with Gasteiger partial charge in [-0.05, 0) is 47.3 Å². The molecule has 1 saturated carbocycles. The molecule has 0 aromatic carbocycles. The fraction of sp³-hybridized carbons (Fsp3) is 0.417. The van der Waals surface area contributed by atoms with E-state index in [9.17, 15) is 0 Å². The van der Waals surface area contributed by atoms with Gasteiger partial charge in [0.25, 0.3) is 0 Å². The van der Waals surface area contributed by atoms with Gasteiger partial charge in [0.2, 0.25) is 0 Å². The third-order valence-corrected chi connectivity index (χ3v) is 4.18. The SMILES string of the molecule is Cc1cc2nc(C3(C)CC3)cn2cc1Br. The summed E-state index contributed by atoms with van der Waals surface area (Å²) in [5.74, 6) is 0. The molecule has 0 atom stereocenters. The lowest BCUT2D eigenvalue weighted by Crippen LogP contribution is -1.98. The number of hydrogen-bond donors (Lipinski definition) is 0. The van der Waals surface area contributed by atoms with E-state index in [1.807, 2.05) is 0 Å². The van der Waals surface area contributed by atoms with Crippen molar-refractivity contribution in [3.8, 4) is 0 Å². The summed E-state index contributed by atoms with van der Waals surface area (Å²) in [7, 11) is 0. The van der Waals surface area contributed by atoms with Crippen LogP contribution >= 0.6 is 15.9 Å². The summed E-state index contributed by atoms with van der Waals surface area (Å²) < 4.78 is 3.25. The van der Waals surface area contributed by atoms with Gasteiger partial charge in [0.15, 0.2) is 0 Å². The van der Waals surface area contributed by atoms with Gasteiger partial charge in [-0.15, -0.1) is 0 Å². The summed E-state index contributed by atoms with van der Waals surface area (Å²) in [6.45, 7) is 4.38. The molecule has 78 valence electrons. The minimum atomic E-state index is 0.354. The number of aromatic nitrogens is 2. The Balaban J connectivity index is 2.22. The number of fused-ring (bicyclic) bond motifs is 1. The highest BCUT2D eigenvalue weighted by atomic mass is 79.9. The molecular formula is C12H13BrN2. The zero-order chi connectivity index (χ0) is 10.6.